The van der Waals surface area contributed by atoms with Crippen LogP contribution in [0.25, 0.3) is 0 Å². The van der Waals surface area contributed by atoms with E-state index in [2.05, 4.69) is 34.0 Å². The van der Waals surface area contributed by atoms with Gasteiger partial charge in [-0.05, 0) is 48.2 Å². The Morgan fingerprint density at radius 3 is 2.42 bits per heavy atom. The zero-order valence-electron chi connectivity index (χ0n) is 14.2. The lowest BCUT2D eigenvalue weighted by Gasteiger charge is -2.12. The van der Waals surface area contributed by atoms with Crippen LogP contribution in [0.4, 0.5) is 0 Å². The highest BCUT2D eigenvalue weighted by Crippen LogP contribution is 2.16. The topological polar surface area (TPSA) is 54.9 Å². The number of aryl methyl sites for hydroxylation is 1. The van der Waals surface area contributed by atoms with E-state index in [0.717, 1.165) is 24.0 Å². The van der Waals surface area contributed by atoms with E-state index < -0.39 is 0 Å². The van der Waals surface area contributed by atoms with E-state index in [4.69, 9.17) is 9.47 Å². The minimum Gasteiger partial charge on any atom is -0.497 e. The van der Waals surface area contributed by atoms with Gasteiger partial charge in [-0.1, -0.05) is 0 Å². The van der Waals surface area contributed by atoms with Gasteiger partial charge in [0.05, 0.1) is 20.2 Å². The summed E-state index contributed by atoms with van der Waals surface area (Å²) in [5.74, 6) is 2.42. The normalized spacial score (nSPS) is 10.7. The van der Waals surface area contributed by atoms with Crippen molar-refractivity contribution < 1.29 is 9.47 Å². The third-order valence-electron chi connectivity index (χ3n) is 3.33. The number of hydrogen-bond acceptors (Lipinski definition) is 4. The second-order valence-electron chi connectivity index (χ2n) is 4.90. The summed E-state index contributed by atoms with van der Waals surface area (Å²) in [5, 5.41) is 8.64. The lowest BCUT2D eigenvalue weighted by molar-refractivity contribution is 0.321. The SMILES string of the molecule is CN=C(NCCOc1ccc(OC)cc1)NCc1sccc1C.I. The molecule has 2 N–H and O–H groups in total. The Kier molecular flexibility index (Phi) is 9.55. The fourth-order valence-electron chi connectivity index (χ4n) is 1.98. The molecular formula is C17H24IN3O2S. The van der Waals surface area contributed by atoms with E-state index in [0.29, 0.717) is 13.2 Å². The Morgan fingerprint density at radius 2 is 1.83 bits per heavy atom. The van der Waals surface area contributed by atoms with Crippen molar-refractivity contribution in [2.24, 2.45) is 4.99 Å². The third kappa shape index (κ3) is 6.56. The second kappa shape index (κ2) is 11.1. The van der Waals surface area contributed by atoms with Gasteiger partial charge in [-0.25, -0.2) is 0 Å². The van der Waals surface area contributed by atoms with Gasteiger partial charge in [-0.2, -0.15) is 0 Å². The van der Waals surface area contributed by atoms with Crippen LogP contribution in [0.5, 0.6) is 11.5 Å². The Balaban J connectivity index is 0.00000288. The number of ether oxygens (including phenoxy) is 2. The quantitative estimate of drug-likeness (QED) is 0.287. The van der Waals surface area contributed by atoms with Crippen LogP contribution in [0.3, 0.4) is 0 Å². The van der Waals surface area contributed by atoms with E-state index in [1.807, 2.05) is 24.3 Å². The van der Waals surface area contributed by atoms with Crippen molar-refractivity contribution >= 4 is 41.3 Å². The molecule has 5 nitrogen and oxygen atoms in total. The van der Waals surface area contributed by atoms with E-state index >= 15 is 0 Å². The second-order valence-corrected chi connectivity index (χ2v) is 5.90. The number of rotatable bonds is 7. The average molecular weight is 461 g/mol. The first-order valence-electron chi connectivity index (χ1n) is 7.47. The molecule has 0 bridgehead atoms. The molecule has 0 aliphatic rings. The van der Waals surface area contributed by atoms with Crippen molar-refractivity contribution in [1.82, 2.24) is 10.6 Å². The first-order valence-corrected chi connectivity index (χ1v) is 8.35. The molecule has 1 aromatic carbocycles. The Labute approximate surface area is 164 Å². The maximum Gasteiger partial charge on any atom is 0.191 e. The summed E-state index contributed by atoms with van der Waals surface area (Å²) in [4.78, 5) is 5.53. The van der Waals surface area contributed by atoms with Crippen LogP contribution in [0, 0.1) is 6.92 Å². The van der Waals surface area contributed by atoms with E-state index in [-0.39, 0.29) is 24.0 Å². The fraction of sp³-hybridized carbons (Fsp3) is 0.353. The molecule has 1 heterocycles. The summed E-state index contributed by atoms with van der Waals surface area (Å²) in [5.41, 5.74) is 1.31. The fourth-order valence-corrected chi connectivity index (χ4v) is 2.83. The minimum absolute atomic E-state index is 0. The third-order valence-corrected chi connectivity index (χ3v) is 4.35. The number of nitrogens with zero attached hydrogens (tertiary/aromatic N) is 1. The van der Waals surface area contributed by atoms with Gasteiger partial charge in [0.15, 0.2) is 5.96 Å². The van der Waals surface area contributed by atoms with Crippen LogP contribution in [0.2, 0.25) is 0 Å². The molecule has 0 amide bonds. The molecule has 2 aromatic rings. The predicted octanol–water partition coefficient (Wildman–Crippen LogP) is 3.43. The molecular weight excluding hydrogens is 437 g/mol. The zero-order valence-corrected chi connectivity index (χ0v) is 17.3. The first-order chi connectivity index (χ1) is 11.2. The Hall–Kier alpha value is -1.48. The van der Waals surface area contributed by atoms with E-state index in [1.54, 1.807) is 25.5 Å². The molecule has 0 saturated carbocycles. The summed E-state index contributed by atoms with van der Waals surface area (Å²) in [6.07, 6.45) is 0. The van der Waals surface area contributed by atoms with Crippen LogP contribution < -0.4 is 20.1 Å². The molecule has 24 heavy (non-hydrogen) atoms. The monoisotopic (exact) mass is 461 g/mol. The van der Waals surface area contributed by atoms with Crippen molar-refractivity contribution in [3.05, 3.63) is 46.2 Å². The zero-order chi connectivity index (χ0) is 16.5. The van der Waals surface area contributed by atoms with E-state index in [9.17, 15) is 0 Å². The van der Waals surface area contributed by atoms with Crippen LogP contribution >= 0.6 is 35.3 Å². The molecule has 0 atom stereocenters. The molecule has 132 valence electrons. The van der Waals surface area contributed by atoms with Crippen LogP contribution in [0.15, 0.2) is 40.7 Å². The number of guanidine groups is 1. The molecule has 0 saturated heterocycles. The molecule has 0 aliphatic heterocycles. The van der Waals surface area contributed by atoms with Gasteiger partial charge in [-0.3, -0.25) is 4.99 Å². The maximum atomic E-state index is 5.67. The number of methoxy groups -OCH3 is 1. The number of halogens is 1. The molecule has 0 radical (unpaired) electrons. The van der Waals surface area contributed by atoms with Gasteiger partial charge in [0.1, 0.15) is 18.1 Å². The molecule has 0 aliphatic carbocycles. The highest BCUT2D eigenvalue weighted by atomic mass is 127. The highest BCUT2D eigenvalue weighted by Gasteiger charge is 2.02. The van der Waals surface area contributed by atoms with Gasteiger partial charge in [0, 0.05) is 11.9 Å². The maximum absolute atomic E-state index is 5.67. The molecule has 2 rings (SSSR count). The summed E-state index contributed by atoms with van der Waals surface area (Å²) >= 11 is 1.75. The molecule has 7 heteroatoms. The van der Waals surface area contributed by atoms with Crippen LogP contribution in [-0.4, -0.2) is 33.3 Å². The molecule has 0 unspecified atom stereocenters. The summed E-state index contributed by atoms with van der Waals surface area (Å²) in [6, 6.07) is 9.68. The molecule has 1 aromatic heterocycles. The largest absolute Gasteiger partial charge is 0.497 e. The van der Waals surface area contributed by atoms with Gasteiger partial charge >= 0.3 is 0 Å². The summed E-state index contributed by atoms with van der Waals surface area (Å²) < 4.78 is 10.8. The number of aliphatic imine (C=N–C) groups is 1. The Morgan fingerprint density at radius 1 is 1.12 bits per heavy atom. The highest BCUT2D eigenvalue weighted by molar-refractivity contribution is 14.0. The number of hydrogen-bond donors (Lipinski definition) is 2. The lowest BCUT2D eigenvalue weighted by Crippen LogP contribution is -2.38. The van der Waals surface area contributed by atoms with Crippen LogP contribution in [-0.2, 0) is 6.54 Å². The van der Waals surface area contributed by atoms with E-state index in [1.165, 1.54) is 10.4 Å². The van der Waals surface area contributed by atoms with Crippen molar-refractivity contribution in [2.45, 2.75) is 13.5 Å². The number of nitrogens with one attached hydrogen (secondary N) is 2. The standard InChI is InChI=1S/C17H23N3O2S.HI/c1-13-8-11-23-16(13)12-20-17(18-2)19-9-10-22-15-6-4-14(21-3)5-7-15;/h4-8,11H,9-10,12H2,1-3H3,(H2,18,19,20);1H. The number of thiophene rings is 1. The Bertz CT molecular complexity index is 629. The predicted molar refractivity (Wildman–Crippen MR) is 111 cm³/mol. The minimum atomic E-state index is 0. The van der Waals surface area contributed by atoms with Crippen molar-refractivity contribution in [3.8, 4) is 11.5 Å². The lowest BCUT2D eigenvalue weighted by atomic mass is 10.3. The van der Waals surface area contributed by atoms with Gasteiger partial charge in [0.2, 0.25) is 0 Å². The van der Waals surface area contributed by atoms with Gasteiger partial charge < -0.3 is 20.1 Å². The first kappa shape index (κ1) is 20.6. The summed E-state index contributed by atoms with van der Waals surface area (Å²) in [6.45, 7) is 4.13. The van der Waals surface area contributed by atoms with Crippen molar-refractivity contribution in [3.63, 3.8) is 0 Å². The molecule has 0 fully saturated rings. The van der Waals surface area contributed by atoms with Crippen molar-refractivity contribution in [1.29, 1.82) is 0 Å². The number of benzene rings is 1. The summed E-state index contributed by atoms with van der Waals surface area (Å²) in [7, 11) is 3.41. The van der Waals surface area contributed by atoms with Gasteiger partial charge in [0.25, 0.3) is 0 Å². The van der Waals surface area contributed by atoms with Crippen molar-refractivity contribution in [2.75, 3.05) is 27.3 Å². The van der Waals surface area contributed by atoms with Gasteiger partial charge in [-0.15, -0.1) is 35.3 Å². The van der Waals surface area contributed by atoms with Crippen LogP contribution in [0.1, 0.15) is 10.4 Å². The average Bonchev–Trinajstić information content (AvgIpc) is 3.00. The molecule has 0 spiro atoms. The smallest absolute Gasteiger partial charge is 0.191 e.